The second kappa shape index (κ2) is 2.77. The van der Waals surface area contributed by atoms with Gasteiger partial charge in [-0.3, -0.25) is 4.68 Å². The molecule has 0 amide bonds. The van der Waals surface area contributed by atoms with E-state index in [1.165, 1.54) is 18.4 Å². The van der Waals surface area contributed by atoms with Gasteiger partial charge in [-0.1, -0.05) is 0 Å². The van der Waals surface area contributed by atoms with Crippen LogP contribution in [0.5, 0.6) is 0 Å². The summed E-state index contributed by atoms with van der Waals surface area (Å²) >= 11 is 2.28. The average molecular weight is 262 g/mol. The van der Waals surface area contributed by atoms with Crippen LogP contribution in [0.1, 0.15) is 18.4 Å². The Kier molecular flexibility index (Phi) is 1.91. The lowest BCUT2D eigenvalue weighted by molar-refractivity contribution is 0.560. The molecule has 1 fully saturated rings. The number of nitrogens with zero attached hydrogens (tertiary/aromatic N) is 2. The van der Waals surface area contributed by atoms with E-state index in [0.29, 0.717) is 0 Å². The van der Waals surface area contributed by atoms with Crippen LogP contribution >= 0.6 is 22.6 Å². The molecule has 1 saturated carbocycles. The minimum Gasteiger partial charge on any atom is -0.271 e. The molecule has 1 aliphatic rings. The lowest BCUT2D eigenvalue weighted by Gasteiger charge is -1.95. The molecule has 0 aromatic carbocycles. The number of hydrogen-bond acceptors (Lipinski definition) is 1. The zero-order valence-corrected chi connectivity index (χ0v) is 8.71. The molecule has 0 atom stereocenters. The molecule has 0 N–H and O–H groups in total. The highest BCUT2D eigenvalue weighted by Gasteiger charge is 2.22. The first-order valence-electron chi connectivity index (χ1n) is 3.95. The molecule has 0 aliphatic heterocycles. The fraction of sp³-hybridized carbons (Fsp3) is 0.625. The maximum Gasteiger partial charge on any atom is 0.126 e. The summed E-state index contributed by atoms with van der Waals surface area (Å²) in [7, 11) is 0. The third-order valence-corrected chi connectivity index (χ3v) is 3.09. The fourth-order valence-electron chi connectivity index (χ4n) is 1.16. The highest BCUT2D eigenvalue weighted by molar-refractivity contribution is 14.1. The summed E-state index contributed by atoms with van der Waals surface area (Å²) < 4.78 is 3.22. The second-order valence-electron chi connectivity index (χ2n) is 3.27. The SMILES string of the molecule is Cc1cn(CC2CC2)nc1I. The maximum absolute atomic E-state index is 4.39. The topological polar surface area (TPSA) is 17.8 Å². The molecule has 1 aromatic rings. The van der Waals surface area contributed by atoms with Gasteiger partial charge in [0.1, 0.15) is 3.70 Å². The van der Waals surface area contributed by atoms with Crippen LogP contribution in [0.15, 0.2) is 6.20 Å². The van der Waals surface area contributed by atoms with Gasteiger partial charge in [0.25, 0.3) is 0 Å². The summed E-state index contributed by atoms with van der Waals surface area (Å²) in [6.07, 6.45) is 4.94. The van der Waals surface area contributed by atoms with Crippen LogP contribution in [0.4, 0.5) is 0 Å². The van der Waals surface area contributed by atoms with Crippen molar-refractivity contribution in [3.63, 3.8) is 0 Å². The Morgan fingerprint density at radius 1 is 1.73 bits per heavy atom. The third kappa shape index (κ3) is 1.75. The quantitative estimate of drug-likeness (QED) is 0.747. The predicted octanol–water partition coefficient (Wildman–Crippen LogP) is 2.21. The van der Waals surface area contributed by atoms with Crippen molar-refractivity contribution >= 4 is 22.6 Å². The van der Waals surface area contributed by atoms with Crippen molar-refractivity contribution in [2.75, 3.05) is 0 Å². The predicted molar refractivity (Wildman–Crippen MR) is 52.4 cm³/mol. The Balaban J connectivity index is 2.11. The van der Waals surface area contributed by atoms with E-state index in [-0.39, 0.29) is 0 Å². The summed E-state index contributed by atoms with van der Waals surface area (Å²) in [6, 6.07) is 0. The molecule has 60 valence electrons. The van der Waals surface area contributed by atoms with Gasteiger partial charge in [0.05, 0.1) is 0 Å². The molecule has 0 saturated heterocycles. The van der Waals surface area contributed by atoms with Gasteiger partial charge >= 0.3 is 0 Å². The minimum atomic E-state index is 0.921. The van der Waals surface area contributed by atoms with Crippen LogP contribution in [0.2, 0.25) is 0 Å². The van der Waals surface area contributed by atoms with Crippen molar-refractivity contribution < 1.29 is 0 Å². The molecule has 0 bridgehead atoms. The highest BCUT2D eigenvalue weighted by atomic mass is 127. The van der Waals surface area contributed by atoms with Crippen molar-refractivity contribution in [3.8, 4) is 0 Å². The number of hydrogen-bond donors (Lipinski definition) is 0. The lowest BCUT2D eigenvalue weighted by Crippen LogP contribution is -1.99. The van der Waals surface area contributed by atoms with Gasteiger partial charge in [0, 0.05) is 18.3 Å². The molecule has 0 spiro atoms. The fourth-order valence-corrected chi connectivity index (χ4v) is 1.57. The van der Waals surface area contributed by atoms with E-state index in [1.807, 2.05) is 0 Å². The maximum atomic E-state index is 4.39. The summed E-state index contributed by atoms with van der Waals surface area (Å²) in [4.78, 5) is 0. The zero-order valence-electron chi connectivity index (χ0n) is 6.55. The van der Waals surface area contributed by atoms with E-state index in [0.717, 1.165) is 16.2 Å². The van der Waals surface area contributed by atoms with Crippen molar-refractivity contribution in [1.82, 2.24) is 9.78 Å². The van der Waals surface area contributed by atoms with Crippen LogP contribution in [0, 0.1) is 16.5 Å². The number of aromatic nitrogens is 2. The molecule has 1 heterocycles. The van der Waals surface area contributed by atoms with Crippen LogP contribution < -0.4 is 0 Å². The monoisotopic (exact) mass is 262 g/mol. The van der Waals surface area contributed by atoms with Gasteiger partial charge < -0.3 is 0 Å². The van der Waals surface area contributed by atoms with Crippen LogP contribution in [0.3, 0.4) is 0 Å². The first kappa shape index (κ1) is 7.58. The standard InChI is InChI=1S/C8H11IN2/c1-6-4-11(10-8(6)9)5-7-2-3-7/h4,7H,2-3,5H2,1H3. The minimum absolute atomic E-state index is 0.921. The number of aryl methyl sites for hydroxylation is 1. The number of rotatable bonds is 2. The van der Waals surface area contributed by atoms with E-state index >= 15 is 0 Å². The third-order valence-electron chi connectivity index (χ3n) is 2.03. The van der Waals surface area contributed by atoms with Crippen LogP contribution in [-0.4, -0.2) is 9.78 Å². The Morgan fingerprint density at radius 3 is 2.91 bits per heavy atom. The molecule has 3 heteroatoms. The first-order chi connectivity index (χ1) is 5.25. The Labute approximate surface area is 80.1 Å². The second-order valence-corrected chi connectivity index (χ2v) is 4.29. The van der Waals surface area contributed by atoms with Crippen molar-refractivity contribution in [3.05, 3.63) is 15.5 Å². The number of halogens is 1. The van der Waals surface area contributed by atoms with Gasteiger partial charge in [0.15, 0.2) is 0 Å². The van der Waals surface area contributed by atoms with E-state index in [1.54, 1.807) is 0 Å². The summed E-state index contributed by atoms with van der Waals surface area (Å²) in [6.45, 7) is 3.24. The molecule has 2 rings (SSSR count). The molecule has 0 unspecified atom stereocenters. The molecule has 2 nitrogen and oxygen atoms in total. The van der Waals surface area contributed by atoms with E-state index in [9.17, 15) is 0 Å². The van der Waals surface area contributed by atoms with Crippen molar-refractivity contribution in [2.24, 2.45) is 5.92 Å². The van der Waals surface area contributed by atoms with Crippen molar-refractivity contribution in [2.45, 2.75) is 26.3 Å². The summed E-state index contributed by atoms with van der Waals surface area (Å²) in [5, 5.41) is 4.39. The highest BCUT2D eigenvalue weighted by Crippen LogP contribution is 2.30. The summed E-state index contributed by atoms with van der Waals surface area (Å²) in [5.41, 5.74) is 1.30. The molecule has 1 aliphatic carbocycles. The van der Waals surface area contributed by atoms with Gasteiger partial charge in [-0.2, -0.15) is 5.10 Å². The largest absolute Gasteiger partial charge is 0.271 e. The first-order valence-corrected chi connectivity index (χ1v) is 5.03. The smallest absolute Gasteiger partial charge is 0.126 e. The van der Waals surface area contributed by atoms with E-state index in [4.69, 9.17) is 0 Å². The molecular formula is C8H11IN2. The Hall–Kier alpha value is -0.0600. The van der Waals surface area contributed by atoms with Crippen molar-refractivity contribution in [1.29, 1.82) is 0 Å². The molecule has 11 heavy (non-hydrogen) atoms. The van der Waals surface area contributed by atoms with Gasteiger partial charge in [-0.15, -0.1) is 0 Å². The Morgan fingerprint density at radius 2 is 2.45 bits per heavy atom. The van der Waals surface area contributed by atoms with Crippen LogP contribution in [0.25, 0.3) is 0 Å². The average Bonchev–Trinajstić information content (AvgIpc) is 2.65. The zero-order chi connectivity index (χ0) is 7.84. The normalized spacial score (nSPS) is 17.3. The van der Waals surface area contributed by atoms with E-state index in [2.05, 4.69) is 45.5 Å². The molecule has 1 aromatic heterocycles. The lowest BCUT2D eigenvalue weighted by atomic mass is 10.4. The summed E-state index contributed by atoms with van der Waals surface area (Å²) in [5.74, 6) is 0.921. The van der Waals surface area contributed by atoms with Crippen LogP contribution in [-0.2, 0) is 6.54 Å². The van der Waals surface area contributed by atoms with Gasteiger partial charge in [-0.25, -0.2) is 0 Å². The Bertz CT molecular complexity index is 244. The van der Waals surface area contributed by atoms with Gasteiger partial charge in [0.2, 0.25) is 0 Å². The molecule has 0 radical (unpaired) electrons. The molecular weight excluding hydrogens is 251 g/mol. The van der Waals surface area contributed by atoms with Gasteiger partial charge in [-0.05, 0) is 48.3 Å². The van der Waals surface area contributed by atoms with E-state index < -0.39 is 0 Å².